The SMILES string of the molecule is CC(C)[C@H]1C[C@@H]1c1cc(F)cc(F)c1. The highest BCUT2D eigenvalue weighted by Crippen LogP contribution is 2.51. The molecule has 2 atom stereocenters. The molecule has 0 nitrogen and oxygen atoms in total. The first-order valence-electron chi connectivity index (χ1n) is 5.04. The second-order valence-electron chi connectivity index (χ2n) is 4.45. The minimum atomic E-state index is -0.464. The van der Waals surface area contributed by atoms with Crippen LogP contribution in [-0.2, 0) is 0 Å². The van der Waals surface area contributed by atoms with Gasteiger partial charge < -0.3 is 0 Å². The van der Waals surface area contributed by atoms with E-state index in [1.165, 1.54) is 12.1 Å². The minimum Gasteiger partial charge on any atom is -0.207 e. The van der Waals surface area contributed by atoms with Crippen LogP contribution in [0.5, 0.6) is 0 Å². The van der Waals surface area contributed by atoms with Gasteiger partial charge in [-0.25, -0.2) is 8.78 Å². The molecule has 0 amide bonds. The molecule has 0 aromatic heterocycles. The number of hydrogen-bond acceptors (Lipinski definition) is 0. The van der Waals surface area contributed by atoms with Crippen LogP contribution in [0.3, 0.4) is 0 Å². The van der Waals surface area contributed by atoms with E-state index in [0.717, 1.165) is 18.1 Å². The highest BCUT2D eigenvalue weighted by atomic mass is 19.1. The topological polar surface area (TPSA) is 0 Å². The van der Waals surface area contributed by atoms with Crippen molar-refractivity contribution >= 4 is 0 Å². The van der Waals surface area contributed by atoms with Crippen LogP contribution in [0.15, 0.2) is 18.2 Å². The molecule has 1 fully saturated rings. The molecule has 0 unspecified atom stereocenters. The Kier molecular flexibility index (Phi) is 2.30. The highest BCUT2D eigenvalue weighted by Gasteiger charge is 2.40. The lowest BCUT2D eigenvalue weighted by atomic mass is 10.0. The summed E-state index contributed by atoms with van der Waals surface area (Å²) in [6.07, 6.45) is 1.07. The van der Waals surface area contributed by atoms with Crippen molar-refractivity contribution in [2.45, 2.75) is 26.2 Å². The van der Waals surface area contributed by atoms with Gasteiger partial charge in [0.25, 0.3) is 0 Å². The predicted molar refractivity (Wildman–Crippen MR) is 52.0 cm³/mol. The maximum absolute atomic E-state index is 12.9. The zero-order valence-corrected chi connectivity index (χ0v) is 8.43. The van der Waals surface area contributed by atoms with Gasteiger partial charge in [-0.1, -0.05) is 13.8 Å². The van der Waals surface area contributed by atoms with E-state index in [4.69, 9.17) is 0 Å². The highest BCUT2D eigenvalue weighted by molar-refractivity contribution is 5.27. The summed E-state index contributed by atoms with van der Waals surface area (Å²) in [6.45, 7) is 4.31. The second-order valence-corrected chi connectivity index (χ2v) is 4.45. The third-order valence-corrected chi connectivity index (χ3v) is 3.01. The molecule has 2 heteroatoms. The summed E-state index contributed by atoms with van der Waals surface area (Å²) < 4.78 is 25.8. The zero-order chi connectivity index (χ0) is 10.3. The average molecular weight is 196 g/mol. The molecule has 0 aliphatic heterocycles. The Morgan fingerprint density at radius 1 is 1.14 bits per heavy atom. The maximum Gasteiger partial charge on any atom is 0.126 e. The van der Waals surface area contributed by atoms with Crippen LogP contribution in [0.2, 0.25) is 0 Å². The molecule has 1 aliphatic carbocycles. The van der Waals surface area contributed by atoms with Gasteiger partial charge in [-0.05, 0) is 41.9 Å². The molecule has 14 heavy (non-hydrogen) atoms. The average Bonchev–Trinajstić information content (AvgIpc) is 2.79. The Bertz CT molecular complexity index is 324. The van der Waals surface area contributed by atoms with E-state index in [9.17, 15) is 8.78 Å². The number of halogens is 2. The molecule has 1 aliphatic rings. The van der Waals surface area contributed by atoms with Crippen molar-refractivity contribution in [2.24, 2.45) is 11.8 Å². The third kappa shape index (κ3) is 1.79. The molecule has 76 valence electrons. The van der Waals surface area contributed by atoms with Crippen LogP contribution < -0.4 is 0 Å². The first kappa shape index (κ1) is 9.63. The van der Waals surface area contributed by atoms with Crippen molar-refractivity contribution in [3.05, 3.63) is 35.4 Å². The summed E-state index contributed by atoms with van der Waals surface area (Å²) in [6, 6.07) is 3.84. The minimum absolute atomic E-state index is 0.375. The monoisotopic (exact) mass is 196 g/mol. The van der Waals surface area contributed by atoms with Crippen molar-refractivity contribution in [1.29, 1.82) is 0 Å². The summed E-state index contributed by atoms with van der Waals surface area (Å²) in [5.41, 5.74) is 0.821. The van der Waals surface area contributed by atoms with Crippen LogP contribution in [-0.4, -0.2) is 0 Å². The van der Waals surface area contributed by atoms with Gasteiger partial charge in [0, 0.05) is 6.07 Å². The molecule has 0 saturated heterocycles. The van der Waals surface area contributed by atoms with E-state index in [-0.39, 0.29) is 0 Å². The van der Waals surface area contributed by atoms with Crippen LogP contribution in [0.4, 0.5) is 8.78 Å². The Hall–Kier alpha value is -0.920. The largest absolute Gasteiger partial charge is 0.207 e. The third-order valence-electron chi connectivity index (χ3n) is 3.01. The normalized spacial score (nSPS) is 25.5. The fourth-order valence-electron chi connectivity index (χ4n) is 2.12. The quantitative estimate of drug-likeness (QED) is 0.676. The van der Waals surface area contributed by atoms with Gasteiger partial charge in [0.2, 0.25) is 0 Å². The molecule has 2 rings (SSSR count). The van der Waals surface area contributed by atoms with Crippen LogP contribution in [0.25, 0.3) is 0 Å². The summed E-state index contributed by atoms with van der Waals surface area (Å²) in [5.74, 6) is 0.659. The Morgan fingerprint density at radius 2 is 1.71 bits per heavy atom. The molecule has 0 radical (unpaired) electrons. The van der Waals surface area contributed by atoms with Gasteiger partial charge in [-0.15, -0.1) is 0 Å². The van der Waals surface area contributed by atoms with Gasteiger partial charge >= 0.3 is 0 Å². The zero-order valence-electron chi connectivity index (χ0n) is 8.43. The van der Waals surface area contributed by atoms with Crippen molar-refractivity contribution in [1.82, 2.24) is 0 Å². The van der Waals surface area contributed by atoms with E-state index in [2.05, 4.69) is 13.8 Å². The molecule has 1 aromatic carbocycles. The van der Waals surface area contributed by atoms with Crippen molar-refractivity contribution < 1.29 is 8.78 Å². The van der Waals surface area contributed by atoms with Gasteiger partial charge in [-0.3, -0.25) is 0 Å². The Labute approximate surface area is 82.9 Å². The number of rotatable bonds is 2. The smallest absolute Gasteiger partial charge is 0.126 e. The Morgan fingerprint density at radius 3 is 2.14 bits per heavy atom. The molecule has 0 N–H and O–H groups in total. The van der Waals surface area contributed by atoms with E-state index >= 15 is 0 Å². The van der Waals surface area contributed by atoms with E-state index in [0.29, 0.717) is 17.8 Å². The van der Waals surface area contributed by atoms with E-state index in [1.807, 2.05) is 0 Å². The lowest BCUT2D eigenvalue weighted by molar-refractivity contribution is 0.543. The fraction of sp³-hybridized carbons (Fsp3) is 0.500. The standard InChI is InChI=1S/C12H14F2/c1-7(2)11-6-12(11)8-3-9(13)5-10(14)4-8/h3-5,7,11-12H,6H2,1-2H3/t11-,12-/m1/s1. The van der Waals surface area contributed by atoms with Crippen LogP contribution in [0, 0.1) is 23.5 Å². The number of hydrogen-bond donors (Lipinski definition) is 0. The molecular weight excluding hydrogens is 182 g/mol. The first-order chi connectivity index (χ1) is 6.58. The molecule has 0 bridgehead atoms. The Balaban J connectivity index is 2.19. The van der Waals surface area contributed by atoms with E-state index in [1.54, 1.807) is 0 Å². The maximum atomic E-state index is 12.9. The number of benzene rings is 1. The van der Waals surface area contributed by atoms with Crippen LogP contribution in [0.1, 0.15) is 31.7 Å². The summed E-state index contributed by atoms with van der Waals surface area (Å²) in [4.78, 5) is 0. The predicted octanol–water partition coefficient (Wildman–Crippen LogP) is 3.72. The molecule has 1 saturated carbocycles. The van der Waals surface area contributed by atoms with Crippen molar-refractivity contribution in [3.8, 4) is 0 Å². The van der Waals surface area contributed by atoms with Crippen LogP contribution >= 0.6 is 0 Å². The fourth-order valence-corrected chi connectivity index (χ4v) is 2.12. The van der Waals surface area contributed by atoms with Crippen molar-refractivity contribution in [2.75, 3.05) is 0 Å². The van der Waals surface area contributed by atoms with Gasteiger partial charge in [0.05, 0.1) is 0 Å². The molecule has 0 heterocycles. The lowest BCUT2D eigenvalue weighted by Gasteiger charge is -2.04. The lowest BCUT2D eigenvalue weighted by Crippen LogP contribution is -1.93. The van der Waals surface area contributed by atoms with E-state index < -0.39 is 11.6 Å². The van der Waals surface area contributed by atoms with Crippen molar-refractivity contribution in [3.63, 3.8) is 0 Å². The summed E-state index contributed by atoms with van der Waals surface area (Å²) in [7, 11) is 0. The molecular formula is C12H14F2. The summed E-state index contributed by atoms with van der Waals surface area (Å²) >= 11 is 0. The van der Waals surface area contributed by atoms with Gasteiger partial charge in [0.1, 0.15) is 11.6 Å². The van der Waals surface area contributed by atoms with Gasteiger partial charge in [-0.2, -0.15) is 0 Å². The molecule has 0 spiro atoms. The van der Waals surface area contributed by atoms with Gasteiger partial charge in [0.15, 0.2) is 0 Å². The molecule has 1 aromatic rings. The second kappa shape index (κ2) is 3.34. The summed E-state index contributed by atoms with van der Waals surface area (Å²) in [5, 5.41) is 0. The first-order valence-corrected chi connectivity index (χ1v) is 5.04.